The van der Waals surface area contributed by atoms with Gasteiger partial charge in [0.2, 0.25) is 0 Å². The van der Waals surface area contributed by atoms with Gasteiger partial charge >= 0.3 is 60.1 Å². The van der Waals surface area contributed by atoms with E-state index in [1.54, 1.807) is 0 Å². The van der Waals surface area contributed by atoms with Gasteiger partial charge in [0, 0.05) is 0 Å². The summed E-state index contributed by atoms with van der Waals surface area (Å²) in [7, 11) is 0. The van der Waals surface area contributed by atoms with Gasteiger partial charge in [-0.3, -0.25) is 0 Å². The van der Waals surface area contributed by atoms with Crippen LogP contribution in [0.4, 0.5) is 4.79 Å². The second kappa shape index (κ2) is 5.02. The predicted molar refractivity (Wildman–Crippen MR) is 16.6 cm³/mol. The van der Waals surface area contributed by atoms with Gasteiger partial charge in [0.15, 0.2) is 0 Å². The van der Waals surface area contributed by atoms with Crippen molar-refractivity contribution in [3.05, 3.63) is 0 Å². The minimum absolute atomic E-state index is 0. The van der Waals surface area contributed by atoms with Crippen molar-refractivity contribution in [2.75, 3.05) is 0 Å². The molecule has 0 rings (SSSR count). The molecule has 0 atom stereocenters. The quantitative estimate of drug-likeness (QED) is 0.599. The van der Waals surface area contributed by atoms with Crippen molar-refractivity contribution in [3.63, 3.8) is 0 Å². The fourth-order valence-corrected chi connectivity index (χ4v) is 0. The van der Waals surface area contributed by atoms with E-state index in [1.807, 2.05) is 0 Å². The van der Waals surface area contributed by atoms with Gasteiger partial charge in [0.05, 0.1) is 0 Å². The molecule has 0 amide bonds. The molecule has 4 heteroatoms. The minimum atomic E-state index is -0.708. The first-order valence-electron chi connectivity index (χ1n) is 0.781. The maximum absolute atomic E-state index is 9.06. The SMILES string of the molecule is O=[C](O)[Zn].[PbH2]. The first-order chi connectivity index (χ1) is 1.73. The first-order valence-corrected chi connectivity index (χ1v) is 2.26. The van der Waals surface area contributed by atoms with Gasteiger partial charge in [-0.15, -0.1) is 0 Å². The van der Waals surface area contributed by atoms with Crippen molar-refractivity contribution < 1.29 is 28.2 Å². The second-order valence-corrected chi connectivity index (χ2v) is 1.66. The predicted octanol–water partition coefficient (Wildman–Crippen LogP) is -0.705. The average Bonchev–Trinajstić information content (AvgIpc) is 0.811. The van der Waals surface area contributed by atoms with Crippen LogP contribution in [-0.2, 0) is 18.3 Å². The molecule has 0 unspecified atom stereocenters. The summed E-state index contributed by atoms with van der Waals surface area (Å²) in [5.74, 6) is 0. The van der Waals surface area contributed by atoms with E-state index < -0.39 is 4.56 Å². The van der Waals surface area contributed by atoms with Crippen LogP contribution in [0.25, 0.3) is 0 Å². The number of carboxylic acid groups (broad SMARTS) is 1. The molecule has 0 spiro atoms. The molecule has 2 nitrogen and oxygen atoms in total. The van der Waals surface area contributed by atoms with E-state index in [9.17, 15) is 0 Å². The molecule has 5 heavy (non-hydrogen) atoms. The Bertz CT molecular complexity index is 32.6. The van der Waals surface area contributed by atoms with Gasteiger partial charge in [-0.25, -0.2) is 0 Å². The molecule has 0 bridgehead atoms. The zero-order valence-electron chi connectivity index (χ0n) is 2.77. The maximum atomic E-state index is 9.06. The zero-order valence-corrected chi connectivity index (χ0v) is 11.2. The first kappa shape index (κ1) is 9.38. The molecular weight excluding hydrogens is 317 g/mol. The van der Waals surface area contributed by atoms with Gasteiger partial charge in [-0.1, -0.05) is 0 Å². The average molecular weight is 320 g/mol. The summed E-state index contributed by atoms with van der Waals surface area (Å²) >= 11 is 0.347. The summed E-state index contributed by atoms with van der Waals surface area (Å²) < 4.78 is -0.708. The van der Waals surface area contributed by atoms with Crippen LogP contribution in [-0.4, -0.2) is 37.0 Å². The van der Waals surface area contributed by atoms with Gasteiger partial charge < -0.3 is 0 Å². The molecule has 0 aromatic carbocycles. The van der Waals surface area contributed by atoms with Crippen molar-refractivity contribution in [2.24, 2.45) is 0 Å². The fourth-order valence-electron chi connectivity index (χ4n) is 0. The van der Waals surface area contributed by atoms with Crippen LogP contribution in [0.15, 0.2) is 0 Å². The fraction of sp³-hybridized carbons (Fsp3) is 0. The third-order valence-electron chi connectivity index (χ3n) is 0. The molecule has 0 aliphatic carbocycles. The number of hydrogen-bond donors (Lipinski definition) is 1. The van der Waals surface area contributed by atoms with E-state index in [0.29, 0.717) is 18.3 Å². The van der Waals surface area contributed by atoms with E-state index in [2.05, 4.69) is 0 Å². The number of carbonyl (C=O) groups is 1. The number of hydrogen-bond acceptors (Lipinski definition) is 1. The molecule has 0 aromatic rings. The summed E-state index contributed by atoms with van der Waals surface area (Å²) in [5, 5.41) is 7.47. The van der Waals surface area contributed by atoms with Gasteiger partial charge in [-0.2, -0.15) is 0 Å². The van der Waals surface area contributed by atoms with E-state index in [-0.39, 0.29) is 27.3 Å². The normalized spacial score (nSPS) is 5.20. The zero-order chi connectivity index (χ0) is 3.58. The second-order valence-electron chi connectivity index (χ2n) is 0.394. The molecule has 0 heterocycles. The Kier molecular flexibility index (Phi) is 9.41. The third-order valence-corrected chi connectivity index (χ3v) is 0. The van der Waals surface area contributed by atoms with E-state index in [4.69, 9.17) is 9.90 Å². The van der Waals surface area contributed by atoms with E-state index in [1.165, 1.54) is 0 Å². The molecule has 0 saturated heterocycles. The molecule has 0 aliphatic heterocycles. The van der Waals surface area contributed by atoms with Crippen molar-refractivity contribution in [2.45, 2.75) is 0 Å². The van der Waals surface area contributed by atoms with Crippen LogP contribution < -0.4 is 0 Å². The monoisotopic (exact) mass is 319 g/mol. The van der Waals surface area contributed by atoms with Gasteiger partial charge in [0.1, 0.15) is 0 Å². The van der Waals surface area contributed by atoms with Crippen LogP contribution in [0, 0.1) is 0 Å². The van der Waals surface area contributed by atoms with Crippen molar-refractivity contribution in [1.82, 2.24) is 0 Å². The van der Waals surface area contributed by atoms with Crippen LogP contribution in [0.2, 0.25) is 0 Å². The van der Waals surface area contributed by atoms with Crippen molar-refractivity contribution in [1.29, 1.82) is 0 Å². The van der Waals surface area contributed by atoms with Crippen LogP contribution >= 0.6 is 0 Å². The number of rotatable bonds is 0. The van der Waals surface area contributed by atoms with E-state index in [0.717, 1.165) is 0 Å². The van der Waals surface area contributed by atoms with Gasteiger partial charge in [-0.05, 0) is 0 Å². The van der Waals surface area contributed by atoms with Gasteiger partial charge in [0.25, 0.3) is 0 Å². The topological polar surface area (TPSA) is 37.3 Å². The Hall–Kier alpha value is 1.02. The summed E-state index contributed by atoms with van der Waals surface area (Å²) in [4.78, 5) is 9.06. The van der Waals surface area contributed by atoms with Crippen molar-refractivity contribution in [3.8, 4) is 0 Å². The van der Waals surface area contributed by atoms with Crippen LogP contribution in [0.1, 0.15) is 0 Å². The Morgan fingerprint density at radius 1 is 1.80 bits per heavy atom. The molecular formula is CH3O2PbZn. The molecule has 0 aliphatic rings. The van der Waals surface area contributed by atoms with E-state index >= 15 is 0 Å². The molecule has 2 radical (unpaired) electrons. The molecule has 0 saturated carbocycles. The summed E-state index contributed by atoms with van der Waals surface area (Å²) in [6.07, 6.45) is 0. The summed E-state index contributed by atoms with van der Waals surface area (Å²) in [5.41, 5.74) is 0. The Morgan fingerprint density at radius 2 is 1.80 bits per heavy atom. The molecule has 0 fully saturated rings. The third kappa shape index (κ3) is 44.2. The molecule has 0 aromatic heterocycles. The standard InChI is InChI=1S/CHO2.Pb.Zn.2H/c2-1-3;;;;/h(H,2,3);;;;. The Labute approximate surface area is 59.8 Å². The summed E-state index contributed by atoms with van der Waals surface area (Å²) in [6.45, 7) is 0. The summed E-state index contributed by atoms with van der Waals surface area (Å²) in [6, 6.07) is 0. The van der Waals surface area contributed by atoms with Crippen LogP contribution in [0.5, 0.6) is 0 Å². The van der Waals surface area contributed by atoms with Crippen LogP contribution in [0.3, 0.4) is 0 Å². The molecule has 25 valence electrons. The molecule has 1 N–H and O–H groups in total. The Balaban J connectivity index is 0. The van der Waals surface area contributed by atoms with Crippen molar-refractivity contribution >= 4 is 31.9 Å². The Morgan fingerprint density at radius 3 is 1.80 bits per heavy atom.